The van der Waals surface area contributed by atoms with Crippen LogP contribution >= 0.6 is 11.3 Å². The van der Waals surface area contributed by atoms with Crippen LogP contribution in [0.2, 0.25) is 0 Å². The number of aromatic nitrogens is 1. The first-order valence-electron chi connectivity index (χ1n) is 5.02. The van der Waals surface area contributed by atoms with Crippen LogP contribution in [0.15, 0.2) is 5.38 Å². The maximum Gasteiger partial charge on any atom is 0.0926 e. The number of hydrogen-bond acceptors (Lipinski definition) is 4. The maximum absolute atomic E-state index is 4.53. The van der Waals surface area contributed by atoms with E-state index in [1.54, 1.807) is 11.3 Å². The highest BCUT2D eigenvalue weighted by atomic mass is 32.1. The van der Waals surface area contributed by atoms with Gasteiger partial charge < -0.3 is 5.32 Å². The van der Waals surface area contributed by atoms with Gasteiger partial charge in [-0.15, -0.1) is 11.3 Å². The zero-order valence-corrected chi connectivity index (χ0v) is 10.0. The predicted octanol–water partition coefficient (Wildman–Crippen LogP) is 1.36. The van der Waals surface area contributed by atoms with E-state index in [0.717, 1.165) is 26.1 Å². The van der Waals surface area contributed by atoms with E-state index in [1.165, 1.54) is 10.7 Å². The van der Waals surface area contributed by atoms with Gasteiger partial charge in [0.15, 0.2) is 0 Å². The van der Waals surface area contributed by atoms with Gasteiger partial charge in [-0.1, -0.05) is 6.92 Å². The Morgan fingerprint density at radius 3 is 2.93 bits per heavy atom. The summed E-state index contributed by atoms with van der Waals surface area (Å²) in [5, 5.41) is 6.54. The summed E-state index contributed by atoms with van der Waals surface area (Å²) in [6.45, 7) is 5.20. The normalized spacial score (nSPS) is 11.1. The van der Waals surface area contributed by atoms with Crippen molar-refractivity contribution in [1.82, 2.24) is 15.2 Å². The summed E-state index contributed by atoms with van der Waals surface area (Å²) in [5.74, 6) is 0. The van der Waals surface area contributed by atoms with Crippen molar-refractivity contribution in [2.75, 3.05) is 27.2 Å². The molecule has 0 aliphatic carbocycles. The Hall–Kier alpha value is -0.450. The minimum absolute atomic E-state index is 0.957. The molecule has 0 aromatic carbocycles. The predicted molar refractivity (Wildman–Crippen MR) is 61.8 cm³/mol. The monoisotopic (exact) mass is 213 g/mol. The second-order valence-corrected chi connectivity index (χ2v) is 4.37. The zero-order valence-electron chi connectivity index (χ0n) is 9.21. The molecule has 1 heterocycles. The number of thiazole rings is 1. The third-order valence-corrected chi connectivity index (χ3v) is 3.12. The van der Waals surface area contributed by atoms with Crippen LogP contribution in [0.25, 0.3) is 0 Å². The van der Waals surface area contributed by atoms with Crippen LogP contribution < -0.4 is 5.32 Å². The number of likely N-dealkylation sites (N-methyl/N-ethyl adjacent to an activating group) is 2. The summed E-state index contributed by atoms with van der Waals surface area (Å²) in [5.41, 5.74) is 1.20. The highest BCUT2D eigenvalue weighted by Gasteiger charge is 2.03. The first-order valence-corrected chi connectivity index (χ1v) is 5.90. The van der Waals surface area contributed by atoms with E-state index in [0.29, 0.717) is 0 Å². The third kappa shape index (κ3) is 3.74. The summed E-state index contributed by atoms with van der Waals surface area (Å²) in [7, 11) is 4.11. The summed E-state index contributed by atoms with van der Waals surface area (Å²) < 4.78 is 0. The first-order chi connectivity index (χ1) is 6.76. The molecule has 1 aromatic rings. The molecule has 4 heteroatoms. The van der Waals surface area contributed by atoms with Crippen LogP contribution in [0.4, 0.5) is 0 Å². The molecule has 0 aliphatic rings. The molecule has 0 bridgehead atoms. The highest BCUT2D eigenvalue weighted by Crippen LogP contribution is 2.11. The highest BCUT2D eigenvalue weighted by molar-refractivity contribution is 7.09. The number of hydrogen-bond donors (Lipinski definition) is 1. The van der Waals surface area contributed by atoms with Crippen molar-refractivity contribution < 1.29 is 0 Å². The lowest BCUT2D eigenvalue weighted by Gasteiger charge is -2.14. The smallest absolute Gasteiger partial charge is 0.0926 e. The van der Waals surface area contributed by atoms with Crippen molar-refractivity contribution in [1.29, 1.82) is 0 Å². The number of rotatable bonds is 6. The summed E-state index contributed by atoms with van der Waals surface area (Å²) in [6, 6.07) is 0. The SMILES string of the molecule is CCc1nc(CN(C)CCNC)cs1. The molecule has 1 rings (SSSR count). The third-order valence-electron chi connectivity index (χ3n) is 2.08. The second-order valence-electron chi connectivity index (χ2n) is 3.43. The van der Waals surface area contributed by atoms with Crippen LogP contribution in [0.3, 0.4) is 0 Å². The minimum atomic E-state index is 0.957. The Labute approximate surface area is 90.2 Å². The Morgan fingerprint density at radius 1 is 1.57 bits per heavy atom. The molecule has 80 valence electrons. The van der Waals surface area contributed by atoms with Gasteiger partial charge in [0.1, 0.15) is 0 Å². The van der Waals surface area contributed by atoms with Crippen molar-refractivity contribution in [3.8, 4) is 0 Å². The van der Waals surface area contributed by atoms with E-state index in [-0.39, 0.29) is 0 Å². The largest absolute Gasteiger partial charge is 0.318 e. The van der Waals surface area contributed by atoms with Crippen molar-refractivity contribution in [3.05, 3.63) is 16.1 Å². The maximum atomic E-state index is 4.53. The average Bonchev–Trinajstić information content (AvgIpc) is 2.62. The lowest BCUT2D eigenvalue weighted by Crippen LogP contribution is -2.27. The quantitative estimate of drug-likeness (QED) is 0.773. The molecule has 0 atom stereocenters. The Bertz CT molecular complexity index is 260. The van der Waals surface area contributed by atoms with Gasteiger partial charge in [-0.3, -0.25) is 4.90 Å². The fourth-order valence-corrected chi connectivity index (χ4v) is 1.98. The summed E-state index contributed by atoms with van der Waals surface area (Å²) in [6.07, 6.45) is 1.05. The molecule has 3 nitrogen and oxygen atoms in total. The molecular weight excluding hydrogens is 194 g/mol. The van der Waals surface area contributed by atoms with Crippen molar-refractivity contribution in [2.45, 2.75) is 19.9 Å². The van der Waals surface area contributed by atoms with E-state index >= 15 is 0 Å². The number of nitrogens with one attached hydrogen (secondary N) is 1. The number of nitrogens with zero attached hydrogens (tertiary/aromatic N) is 2. The van der Waals surface area contributed by atoms with E-state index < -0.39 is 0 Å². The van der Waals surface area contributed by atoms with E-state index in [9.17, 15) is 0 Å². The first kappa shape index (κ1) is 11.6. The van der Waals surface area contributed by atoms with E-state index in [1.807, 2.05) is 7.05 Å². The molecule has 0 spiro atoms. The molecule has 0 saturated carbocycles. The number of aryl methyl sites for hydroxylation is 1. The van der Waals surface area contributed by atoms with Crippen LogP contribution in [-0.4, -0.2) is 37.1 Å². The van der Waals surface area contributed by atoms with Crippen LogP contribution in [0.1, 0.15) is 17.6 Å². The van der Waals surface area contributed by atoms with Crippen molar-refractivity contribution >= 4 is 11.3 Å². The van der Waals surface area contributed by atoms with Gasteiger partial charge in [0, 0.05) is 25.0 Å². The van der Waals surface area contributed by atoms with Gasteiger partial charge in [-0.25, -0.2) is 4.98 Å². The van der Waals surface area contributed by atoms with Crippen LogP contribution in [0, 0.1) is 0 Å². The zero-order chi connectivity index (χ0) is 10.4. The average molecular weight is 213 g/mol. The van der Waals surface area contributed by atoms with Gasteiger partial charge >= 0.3 is 0 Å². The molecule has 0 fully saturated rings. The Morgan fingerprint density at radius 2 is 2.36 bits per heavy atom. The van der Waals surface area contributed by atoms with Gasteiger partial charge in [-0.05, 0) is 20.5 Å². The molecule has 1 N–H and O–H groups in total. The molecular formula is C10H19N3S. The van der Waals surface area contributed by atoms with Crippen LogP contribution in [-0.2, 0) is 13.0 Å². The van der Waals surface area contributed by atoms with Crippen molar-refractivity contribution in [3.63, 3.8) is 0 Å². The lowest BCUT2D eigenvalue weighted by atomic mass is 10.4. The summed E-state index contributed by atoms with van der Waals surface area (Å²) >= 11 is 1.76. The fourth-order valence-electron chi connectivity index (χ4n) is 1.24. The van der Waals surface area contributed by atoms with Gasteiger partial charge in [0.2, 0.25) is 0 Å². The molecule has 0 aliphatic heterocycles. The van der Waals surface area contributed by atoms with Gasteiger partial charge in [-0.2, -0.15) is 0 Å². The van der Waals surface area contributed by atoms with E-state index in [4.69, 9.17) is 0 Å². The second kappa shape index (κ2) is 6.11. The lowest BCUT2D eigenvalue weighted by molar-refractivity contribution is 0.325. The van der Waals surface area contributed by atoms with Crippen molar-refractivity contribution in [2.24, 2.45) is 0 Å². The van der Waals surface area contributed by atoms with Gasteiger partial charge in [0.25, 0.3) is 0 Å². The molecule has 0 unspecified atom stereocenters. The molecule has 0 amide bonds. The standard InChI is InChI=1S/C10H19N3S/c1-4-10-12-9(8-14-10)7-13(3)6-5-11-2/h8,11H,4-7H2,1-3H3. The summed E-state index contributed by atoms with van der Waals surface area (Å²) in [4.78, 5) is 6.82. The molecule has 14 heavy (non-hydrogen) atoms. The molecule has 0 radical (unpaired) electrons. The topological polar surface area (TPSA) is 28.2 Å². The Balaban J connectivity index is 2.35. The van der Waals surface area contributed by atoms with E-state index in [2.05, 4.69) is 34.6 Å². The molecule has 1 aromatic heterocycles. The van der Waals surface area contributed by atoms with Gasteiger partial charge in [0.05, 0.1) is 10.7 Å². The fraction of sp³-hybridized carbons (Fsp3) is 0.700. The minimum Gasteiger partial charge on any atom is -0.318 e. The molecule has 0 saturated heterocycles. The van der Waals surface area contributed by atoms with Crippen LogP contribution in [0.5, 0.6) is 0 Å². The Kier molecular flexibility index (Phi) is 5.07.